The van der Waals surface area contributed by atoms with Gasteiger partial charge in [-0.05, 0) is 34.1 Å². The first-order valence-corrected chi connectivity index (χ1v) is 6.70. The molecule has 0 saturated carbocycles. The molecule has 0 bridgehead atoms. The van der Waals surface area contributed by atoms with Gasteiger partial charge in [0, 0.05) is 12.6 Å². The van der Waals surface area contributed by atoms with Crippen LogP contribution in [0, 0.1) is 0 Å². The number of carbonyl (C=O) groups is 1. The Kier molecular flexibility index (Phi) is 4.36. The highest BCUT2D eigenvalue weighted by molar-refractivity contribution is 9.10. The predicted molar refractivity (Wildman–Crippen MR) is 73.5 cm³/mol. The van der Waals surface area contributed by atoms with Crippen molar-refractivity contribution < 1.29 is 18.0 Å². The highest BCUT2D eigenvalue weighted by Gasteiger charge is 2.30. The van der Waals surface area contributed by atoms with Crippen LogP contribution < -0.4 is 5.32 Å². The Morgan fingerprint density at radius 1 is 1.43 bits per heavy atom. The van der Waals surface area contributed by atoms with Gasteiger partial charge in [0.25, 0.3) is 5.91 Å². The Hall–Kier alpha value is -1.83. The topological polar surface area (TPSA) is 46.9 Å². The molecule has 0 atom stereocenters. The summed E-state index contributed by atoms with van der Waals surface area (Å²) in [5, 5.41) is 6.55. The first-order valence-electron chi connectivity index (χ1n) is 5.91. The molecule has 2 rings (SSSR count). The molecule has 0 fully saturated rings. The predicted octanol–water partition coefficient (Wildman–Crippen LogP) is 3.13. The van der Waals surface area contributed by atoms with E-state index in [4.69, 9.17) is 0 Å². The summed E-state index contributed by atoms with van der Waals surface area (Å²) in [5.74, 6) is -0.575. The van der Waals surface area contributed by atoms with E-state index in [1.54, 1.807) is 17.9 Å². The number of nitrogens with one attached hydrogen (secondary N) is 1. The molecule has 0 spiro atoms. The number of aromatic nitrogens is 2. The van der Waals surface area contributed by atoms with Crippen LogP contribution >= 0.6 is 15.9 Å². The number of alkyl halides is 3. The number of halogens is 4. The van der Waals surface area contributed by atoms with Gasteiger partial charge in [0.05, 0.1) is 28.5 Å². The zero-order chi connectivity index (χ0) is 15.6. The van der Waals surface area contributed by atoms with E-state index in [1.165, 1.54) is 12.1 Å². The minimum Gasteiger partial charge on any atom is -0.346 e. The van der Waals surface area contributed by atoms with Crippen molar-refractivity contribution in [3.05, 3.63) is 51.8 Å². The number of aryl methyl sites for hydroxylation is 1. The van der Waals surface area contributed by atoms with Crippen molar-refractivity contribution in [1.29, 1.82) is 0 Å². The van der Waals surface area contributed by atoms with Gasteiger partial charge in [-0.3, -0.25) is 9.48 Å². The number of amides is 1. The summed E-state index contributed by atoms with van der Waals surface area (Å²) in [7, 11) is 1.70. The van der Waals surface area contributed by atoms with E-state index in [-0.39, 0.29) is 12.1 Å². The molecule has 4 nitrogen and oxygen atoms in total. The minimum atomic E-state index is -4.47. The fourth-order valence-corrected chi connectivity index (χ4v) is 2.23. The van der Waals surface area contributed by atoms with Crippen molar-refractivity contribution in [2.45, 2.75) is 12.7 Å². The first kappa shape index (κ1) is 15.6. The third-order valence-corrected chi connectivity index (χ3v) is 3.54. The zero-order valence-corrected chi connectivity index (χ0v) is 12.5. The molecule has 0 aliphatic heterocycles. The summed E-state index contributed by atoms with van der Waals surface area (Å²) in [4.78, 5) is 11.9. The summed E-state index contributed by atoms with van der Waals surface area (Å²) in [6.07, 6.45) is -2.90. The molecule has 1 heterocycles. The number of rotatable bonds is 3. The fourth-order valence-electron chi connectivity index (χ4n) is 1.74. The van der Waals surface area contributed by atoms with Crippen LogP contribution in [0.3, 0.4) is 0 Å². The van der Waals surface area contributed by atoms with E-state index in [1.807, 2.05) is 0 Å². The van der Waals surface area contributed by atoms with Gasteiger partial charge in [0.2, 0.25) is 0 Å². The van der Waals surface area contributed by atoms with E-state index in [2.05, 4.69) is 26.3 Å². The van der Waals surface area contributed by atoms with E-state index in [0.717, 1.165) is 17.8 Å². The largest absolute Gasteiger partial charge is 0.416 e. The van der Waals surface area contributed by atoms with Gasteiger partial charge < -0.3 is 5.32 Å². The number of hydrogen-bond donors (Lipinski definition) is 1. The molecular weight excluding hydrogens is 351 g/mol. The van der Waals surface area contributed by atoms with E-state index in [0.29, 0.717) is 4.47 Å². The van der Waals surface area contributed by atoms with Gasteiger partial charge >= 0.3 is 6.18 Å². The second-order valence-corrected chi connectivity index (χ2v) is 5.18. The van der Waals surface area contributed by atoms with Crippen LogP contribution in [0.4, 0.5) is 13.2 Å². The number of hydrogen-bond acceptors (Lipinski definition) is 2. The molecule has 0 radical (unpaired) electrons. The monoisotopic (exact) mass is 361 g/mol. The standard InChI is InChI=1S/C13H11BrF3N3O/c1-20-11(10(14)6-19-20)7-18-12(21)8-3-2-4-9(5-8)13(15,16)17/h2-6H,7H2,1H3,(H,18,21). The second-order valence-electron chi connectivity index (χ2n) is 4.32. The van der Waals surface area contributed by atoms with Crippen LogP contribution in [0.25, 0.3) is 0 Å². The quantitative estimate of drug-likeness (QED) is 0.912. The van der Waals surface area contributed by atoms with Crippen LogP contribution in [-0.2, 0) is 19.8 Å². The average molecular weight is 362 g/mol. The number of benzene rings is 1. The third kappa shape index (κ3) is 3.63. The van der Waals surface area contributed by atoms with Gasteiger partial charge in [-0.2, -0.15) is 18.3 Å². The second kappa shape index (κ2) is 5.88. The lowest BCUT2D eigenvalue weighted by molar-refractivity contribution is -0.137. The maximum Gasteiger partial charge on any atom is 0.416 e. The van der Waals surface area contributed by atoms with Crippen molar-refractivity contribution in [2.75, 3.05) is 0 Å². The van der Waals surface area contributed by atoms with Crippen molar-refractivity contribution in [3.8, 4) is 0 Å². The Morgan fingerprint density at radius 3 is 2.71 bits per heavy atom. The molecule has 1 N–H and O–H groups in total. The summed E-state index contributed by atoms with van der Waals surface area (Å²) >= 11 is 3.28. The van der Waals surface area contributed by atoms with Crippen molar-refractivity contribution in [2.24, 2.45) is 7.05 Å². The van der Waals surface area contributed by atoms with Crippen LogP contribution in [0.2, 0.25) is 0 Å². The molecule has 1 aromatic heterocycles. The Labute approximate surface area is 127 Å². The molecule has 1 amide bonds. The molecule has 2 aromatic rings. The van der Waals surface area contributed by atoms with Crippen LogP contribution in [0.15, 0.2) is 34.9 Å². The summed E-state index contributed by atoms with van der Waals surface area (Å²) < 4.78 is 40.1. The normalized spacial score (nSPS) is 11.5. The van der Waals surface area contributed by atoms with Crippen LogP contribution in [0.1, 0.15) is 21.6 Å². The van der Waals surface area contributed by atoms with E-state index >= 15 is 0 Å². The van der Waals surface area contributed by atoms with E-state index < -0.39 is 17.6 Å². The highest BCUT2D eigenvalue weighted by Crippen LogP contribution is 2.29. The maximum absolute atomic E-state index is 12.6. The first-order chi connectivity index (χ1) is 9.79. The van der Waals surface area contributed by atoms with Crippen LogP contribution in [-0.4, -0.2) is 15.7 Å². The van der Waals surface area contributed by atoms with Gasteiger partial charge in [0.1, 0.15) is 0 Å². The molecule has 0 unspecified atom stereocenters. The highest BCUT2D eigenvalue weighted by atomic mass is 79.9. The molecule has 21 heavy (non-hydrogen) atoms. The minimum absolute atomic E-state index is 0.0388. The smallest absolute Gasteiger partial charge is 0.346 e. The average Bonchev–Trinajstić information content (AvgIpc) is 2.75. The lowest BCUT2D eigenvalue weighted by Gasteiger charge is -2.09. The van der Waals surface area contributed by atoms with Crippen LogP contribution in [0.5, 0.6) is 0 Å². The Morgan fingerprint density at radius 2 is 2.14 bits per heavy atom. The SMILES string of the molecule is Cn1ncc(Br)c1CNC(=O)c1cccc(C(F)(F)F)c1. The van der Waals surface area contributed by atoms with Crippen molar-refractivity contribution >= 4 is 21.8 Å². The Balaban J connectivity index is 2.11. The number of carbonyl (C=O) groups excluding carboxylic acids is 1. The van der Waals surface area contributed by atoms with Gasteiger partial charge in [-0.15, -0.1) is 0 Å². The lowest BCUT2D eigenvalue weighted by atomic mass is 10.1. The van der Waals surface area contributed by atoms with Gasteiger partial charge in [0.15, 0.2) is 0 Å². The zero-order valence-electron chi connectivity index (χ0n) is 10.9. The molecule has 0 aliphatic carbocycles. The van der Waals surface area contributed by atoms with Crippen molar-refractivity contribution in [3.63, 3.8) is 0 Å². The molecule has 0 saturated heterocycles. The maximum atomic E-state index is 12.6. The third-order valence-electron chi connectivity index (χ3n) is 2.88. The summed E-state index contributed by atoms with van der Waals surface area (Å²) in [6, 6.07) is 4.29. The fraction of sp³-hybridized carbons (Fsp3) is 0.231. The number of nitrogens with zero attached hydrogens (tertiary/aromatic N) is 2. The Bertz CT molecular complexity index is 647. The lowest BCUT2D eigenvalue weighted by Crippen LogP contribution is -2.24. The summed E-state index contributed by atoms with van der Waals surface area (Å²) in [5.41, 5.74) is -0.171. The molecule has 1 aromatic carbocycles. The van der Waals surface area contributed by atoms with Crippen molar-refractivity contribution in [1.82, 2.24) is 15.1 Å². The molecule has 8 heteroatoms. The van der Waals surface area contributed by atoms with Gasteiger partial charge in [-0.1, -0.05) is 6.07 Å². The summed E-state index contributed by atoms with van der Waals surface area (Å²) in [6.45, 7) is 0.159. The molecular formula is C13H11BrF3N3O. The molecule has 112 valence electrons. The molecule has 0 aliphatic rings. The van der Waals surface area contributed by atoms with E-state index in [9.17, 15) is 18.0 Å². The van der Waals surface area contributed by atoms with Gasteiger partial charge in [-0.25, -0.2) is 0 Å².